The van der Waals surface area contributed by atoms with Crippen molar-refractivity contribution in [3.63, 3.8) is 0 Å². The Morgan fingerprint density at radius 1 is 1.11 bits per heavy atom. The van der Waals surface area contributed by atoms with Gasteiger partial charge in [0.15, 0.2) is 5.12 Å². The Kier molecular flexibility index (Phi) is 9.94. The Labute approximate surface area is 170 Å². The second-order valence-electron chi connectivity index (χ2n) is 7.20. The minimum atomic E-state index is -0.715. The molecule has 0 spiro atoms. The van der Waals surface area contributed by atoms with Gasteiger partial charge < -0.3 is 10.1 Å². The lowest BCUT2D eigenvalue weighted by Gasteiger charge is -2.24. The smallest absolute Gasteiger partial charge is 0.329 e. The Balaban J connectivity index is 2.85. The summed E-state index contributed by atoms with van der Waals surface area (Å²) in [5, 5.41) is 2.79. The summed E-state index contributed by atoms with van der Waals surface area (Å²) in [6, 6.07) is 8.93. The fourth-order valence-corrected chi connectivity index (χ4v) is 3.87. The predicted molar refractivity (Wildman–Crippen MR) is 113 cm³/mol. The zero-order valence-electron chi connectivity index (χ0n) is 16.6. The molecular weight excluding hydrogens is 382 g/mol. The van der Waals surface area contributed by atoms with Gasteiger partial charge in [-0.25, -0.2) is 4.79 Å². The van der Waals surface area contributed by atoms with E-state index in [-0.39, 0.29) is 15.8 Å². The van der Waals surface area contributed by atoms with E-state index in [1.54, 1.807) is 11.8 Å². The lowest BCUT2D eigenvalue weighted by molar-refractivity contribution is -0.144. The number of carbonyl (C=O) groups excluding carboxylic acids is 3. The average molecular weight is 412 g/mol. The summed E-state index contributed by atoms with van der Waals surface area (Å²) in [6.45, 7) is 7.64. The van der Waals surface area contributed by atoms with Crippen LogP contribution in [0.15, 0.2) is 30.3 Å². The fourth-order valence-electron chi connectivity index (χ4n) is 2.28. The van der Waals surface area contributed by atoms with Gasteiger partial charge in [-0.05, 0) is 12.0 Å². The Bertz CT molecular complexity index is 629. The summed E-state index contributed by atoms with van der Waals surface area (Å²) >= 11 is 2.71. The molecule has 5 nitrogen and oxygen atoms in total. The molecule has 7 heteroatoms. The van der Waals surface area contributed by atoms with E-state index in [1.165, 1.54) is 14.0 Å². The van der Waals surface area contributed by atoms with Crippen LogP contribution in [0.3, 0.4) is 0 Å². The normalized spacial score (nSPS) is 13.5. The minimum absolute atomic E-state index is 0.0336. The number of carbonyl (C=O) groups is 3. The quantitative estimate of drug-likeness (QED) is 0.629. The van der Waals surface area contributed by atoms with Gasteiger partial charge in [0.05, 0.1) is 13.0 Å². The number of rotatable bonds is 9. The average Bonchev–Trinajstić information content (AvgIpc) is 2.61. The molecule has 0 unspecified atom stereocenters. The Morgan fingerprint density at radius 2 is 1.74 bits per heavy atom. The van der Waals surface area contributed by atoms with Crippen LogP contribution < -0.4 is 5.32 Å². The number of hydrogen-bond acceptors (Lipinski definition) is 6. The third-order valence-electron chi connectivity index (χ3n) is 3.67. The molecule has 1 aromatic rings. The Hall–Kier alpha value is -1.47. The van der Waals surface area contributed by atoms with Crippen molar-refractivity contribution >= 4 is 40.5 Å². The van der Waals surface area contributed by atoms with E-state index in [0.29, 0.717) is 17.9 Å². The molecule has 27 heavy (non-hydrogen) atoms. The highest BCUT2D eigenvalue weighted by atomic mass is 32.2. The summed E-state index contributed by atoms with van der Waals surface area (Å²) in [7, 11) is 1.32. The molecule has 0 fully saturated rings. The number of esters is 1. The zero-order valence-corrected chi connectivity index (χ0v) is 18.2. The van der Waals surface area contributed by atoms with Crippen LogP contribution in [0.25, 0.3) is 0 Å². The van der Waals surface area contributed by atoms with Gasteiger partial charge in [0.2, 0.25) is 5.91 Å². The second-order valence-corrected chi connectivity index (χ2v) is 10.2. The van der Waals surface area contributed by atoms with Gasteiger partial charge in [-0.15, -0.1) is 0 Å². The van der Waals surface area contributed by atoms with Gasteiger partial charge in [-0.1, -0.05) is 62.9 Å². The van der Waals surface area contributed by atoms with Crippen LogP contribution in [0.4, 0.5) is 0 Å². The maximum Gasteiger partial charge on any atom is 0.329 e. The van der Waals surface area contributed by atoms with Gasteiger partial charge in [0.25, 0.3) is 0 Å². The molecule has 0 heterocycles. The number of methoxy groups -OCH3 is 1. The number of ether oxygens (including phenoxy) is 1. The first-order valence-corrected chi connectivity index (χ1v) is 10.8. The molecule has 1 amide bonds. The summed E-state index contributed by atoms with van der Waals surface area (Å²) in [5.41, 5.74) is 1.01. The van der Waals surface area contributed by atoms with E-state index in [0.717, 1.165) is 17.3 Å². The van der Waals surface area contributed by atoms with Gasteiger partial charge in [0.1, 0.15) is 6.04 Å². The van der Waals surface area contributed by atoms with E-state index in [1.807, 2.05) is 30.3 Å². The number of benzene rings is 1. The van der Waals surface area contributed by atoms with E-state index < -0.39 is 17.9 Å². The molecule has 0 aliphatic carbocycles. The summed E-state index contributed by atoms with van der Waals surface area (Å²) in [6.07, 6.45) is 0.507. The predicted octanol–water partition coefficient (Wildman–Crippen LogP) is 3.31. The van der Waals surface area contributed by atoms with Gasteiger partial charge in [-0.3, -0.25) is 9.59 Å². The van der Waals surface area contributed by atoms with Crippen molar-refractivity contribution in [1.29, 1.82) is 0 Å². The highest BCUT2D eigenvalue weighted by Crippen LogP contribution is 2.24. The first-order chi connectivity index (χ1) is 12.6. The molecule has 0 aliphatic rings. The van der Waals surface area contributed by atoms with Crippen molar-refractivity contribution in [2.75, 3.05) is 18.6 Å². The maximum atomic E-state index is 12.9. The lowest BCUT2D eigenvalue weighted by atomic mass is 10.00. The SMILES string of the molecule is COC(=O)[C@H](CSC(C)(C)C)NC(=O)[C@H](CSC(C)=O)Cc1ccccc1. The first-order valence-electron chi connectivity index (χ1n) is 8.82. The van der Waals surface area contributed by atoms with E-state index >= 15 is 0 Å². The number of nitrogens with one attached hydrogen (secondary N) is 1. The third-order valence-corrected chi connectivity index (χ3v) is 6.01. The molecule has 1 aromatic carbocycles. The minimum Gasteiger partial charge on any atom is -0.467 e. The van der Waals surface area contributed by atoms with E-state index in [9.17, 15) is 14.4 Å². The van der Waals surface area contributed by atoms with Crippen molar-refractivity contribution in [2.45, 2.75) is 44.9 Å². The topological polar surface area (TPSA) is 72.5 Å². The molecule has 0 saturated carbocycles. The monoisotopic (exact) mass is 411 g/mol. The molecule has 0 bridgehead atoms. The largest absolute Gasteiger partial charge is 0.467 e. The maximum absolute atomic E-state index is 12.9. The van der Waals surface area contributed by atoms with Gasteiger partial charge >= 0.3 is 5.97 Å². The van der Waals surface area contributed by atoms with Crippen LogP contribution in [0, 0.1) is 5.92 Å². The van der Waals surface area contributed by atoms with Crippen LogP contribution in [0.2, 0.25) is 0 Å². The highest BCUT2D eigenvalue weighted by molar-refractivity contribution is 8.13. The van der Waals surface area contributed by atoms with Crippen LogP contribution in [-0.4, -0.2) is 46.4 Å². The van der Waals surface area contributed by atoms with Crippen LogP contribution in [-0.2, 0) is 25.5 Å². The van der Waals surface area contributed by atoms with Crippen molar-refractivity contribution in [2.24, 2.45) is 5.92 Å². The number of amides is 1. The molecule has 0 saturated heterocycles. The number of thioether (sulfide) groups is 2. The van der Waals surface area contributed by atoms with Gasteiger partial charge in [0, 0.05) is 23.2 Å². The molecule has 150 valence electrons. The highest BCUT2D eigenvalue weighted by Gasteiger charge is 2.28. The van der Waals surface area contributed by atoms with Gasteiger partial charge in [-0.2, -0.15) is 11.8 Å². The second kappa shape index (κ2) is 11.4. The van der Waals surface area contributed by atoms with Crippen LogP contribution in [0.1, 0.15) is 33.3 Å². The third kappa shape index (κ3) is 9.86. The number of hydrogen-bond donors (Lipinski definition) is 1. The summed E-state index contributed by atoms with van der Waals surface area (Å²) < 4.78 is 4.81. The van der Waals surface area contributed by atoms with Crippen LogP contribution in [0.5, 0.6) is 0 Å². The molecule has 0 aliphatic heterocycles. The lowest BCUT2D eigenvalue weighted by Crippen LogP contribution is -2.47. The Morgan fingerprint density at radius 3 is 2.26 bits per heavy atom. The molecule has 1 rings (SSSR count). The van der Waals surface area contributed by atoms with Crippen molar-refractivity contribution in [1.82, 2.24) is 5.32 Å². The fraction of sp³-hybridized carbons (Fsp3) is 0.550. The van der Waals surface area contributed by atoms with Crippen molar-refractivity contribution in [3.05, 3.63) is 35.9 Å². The molecular formula is C20H29NO4S2. The van der Waals surface area contributed by atoms with Crippen molar-refractivity contribution < 1.29 is 19.1 Å². The summed E-state index contributed by atoms with van der Waals surface area (Å²) in [5.74, 6) is -0.306. The van der Waals surface area contributed by atoms with E-state index in [2.05, 4.69) is 26.1 Å². The molecule has 2 atom stereocenters. The van der Waals surface area contributed by atoms with E-state index in [4.69, 9.17) is 4.74 Å². The molecule has 1 N–H and O–H groups in total. The molecule has 0 radical (unpaired) electrons. The van der Waals surface area contributed by atoms with Crippen LogP contribution >= 0.6 is 23.5 Å². The van der Waals surface area contributed by atoms with Crippen molar-refractivity contribution in [3.8, 4) is 0 Å². The first kappa shape index (κ1) is 23.6. The standard InChI is InChI=1S/C20H29NO4S2/c1-14(22)26-12-16(11-15-9-7-6-8-10-15)18(23)21-17(19(24)25-5)13-27-20(2,3)4/h6-10,16-17H,11-13H2,1-5H3,(H,21,23)/t16-,17-/m0/s1. The summed E-state index contributed by atoms with van der Waals surface area (Å²) in [4.78, 5) is 36.3. The zero-order chi connectivity index (χ0) is 20.4. The molecule has 0 aromatic heterocycles.